The molecule has 1 heterocycles. The van der Waals surface area contributed by atoms with E-state index >= 15 is 0 Å². The number of halogens is 6. The van der Waals surface area contributed by atoms with E-state index in [1.165, 1.54) is 0 Å². The van der Waals surface area contributed by atoms with Crippen molar-refractivity contribution in [1.29, 1.82) is 0 Å². The van der Waals surface area contributed by atoms with Crippen LogP contribution >= 0.6 is 15.9 Å². The SMILES string of the molecule is NCCNC(=O)OCC(Oc1ccc(F)c(C(N)=O)c1F)c1nc(-c2ccc(C(F)(F)F)cc2)c(Br)o1. The van der Waals surface area contributed by atoms with Gasteiger partial charge in [-0.15, -0.1) is 0 Å². The van der Waals surface area contributed by atoms with Gasteiger partial charge < -0.3 is 30.7 Å². The highest BCUT2D eigenvalue weighted by Gasteiger charge is 2.31. The van der Waals surface area contributed by atoms with E-state index in [0.717, 1.165) is 36.4 Å². The summed E-state index contributed by atoms with van der Waals surface area (Å²) in [6.07, 6.45) is -6.91. The highest BCUT2D eigenvalue weighted by molar-refractivity contribution is 9.10. The molecule has 0 aliphatic heterocycles. The fourth-order valence-electron chi connectivity index (χ4n) is 2.99. The molecule has 1 unspecified atom stereocenters. The molecule has 15 heteroatoms. The van der Waals surface area contributed by atoms with Gasteiger partial charge in [0.1, 0.15) is 23.7 Å². The van der Waals surface area contributed by atoms with Gasteiger partial charge in [-0.1, -0.05) is 12.1 Å². The van der Waals surface area contributed by atoms with Gasteiger partial charge in [-0.3, -0.25) is 4.79 Å². The summed E-state index contributed by atoms with van der Waals surface area (Å²) in [7, 11) is 0. The molecule has 198 valence electrons. The van der Waals surface area contributed by atoms with Crippen LogP contribution < -0.4 is 21.5 Å². The van der Waals surface area contributed by atoms with Crippen LogP contribution in [-0.4, -0.2) is 36.7 Å². The zero-order valence-electron chi connectivity index (χ0n) is 18.6. The Bertz CT molecular complexity index is 1280. The summed E-state index contributed by atoms with van der Waals surface area (Å²) >= 11 is 3.11. The summed E-state index contributed by atoms with van der Waals surface area (Å²) in [5.74, 6) is -4.97. The number of benzene rings is 2. The van der Waals surface area contributed by atoms with Crippen LogP contribution in [0.1, 0.15) is 27.9 Å². The molecule has 2 amide bonds. The van der Waals surface area contributed by atoms with Crippen LogP contribution in [-0.2, 0) is 10.9 Å². The van der Waals surface area contributed by atoms with Crippen molar-refractivity contribution in [2.45, 2.75) is 12.3 Å². The standard InChI is InChI=1S/C22H18BrF5N4O5/c23-18-17(10-1-3-11(4-2-10)22(26,27)28)32-20(37-18)14(9-35-21(34)31-8-7-29)36-13-6-5-12(24)15(16(13)25)19(30)33/h1-6,14H,7-9,29H2,(H2,30,33)(H,31,34). The Kier molecular flexibility index (Phi) is 8.70. The molecule has 0 spiro atoms. The quantitative estimate of drug-likeness (QED) is 0.314. The number of rotatable bonds is 9. The molecule has 0 aliphatic rings. The second-order valence-electron chi connectivity index (χ2n) is 7.27. The smallest absolute Gasteiger partial charge is 0.416 e. The maximum Gasteiger partial charge on any atom is 0.416 e. The van der Waals surface area contributed by atoms with Gasteiger partial charge in [-0.05, 0) is 40.2 Å². The molecule has 0 aliphatic carbocycles. The third-order valence-electron chi connectivity index (χ3n) is 4.71. The lowest BCUT2D eigenvalue weighted by Crippen LogP contribution is -2.31. The van der Waals surface area contributed by atoms with Crippen LogP contribution in [0.5, 0.6) is 5.75 Å². The molecule has 5 N–H and O–H groups in total. The number of alkyl carbamates (subject to hydrolysis) is 1. The molecule has 0 saturated carbocycles. The number of nitrogens with two attached hydrogens (primary N) is 2. The Hall–Kier alpha value is -3.72. The summed E-state index contributed by atoms with van der Waals surface area (Å²) < 4.78 is 83.3. The Morgan fingerprint density at radius 1 is 1.14 bits per heavy atom. The predicted octanol–water partition coefficient (Wildman–Crippen LogP) is 4.31. The lowest BCUT2D eigenvalue weighted by Gasteiger charge is -2.17. The average Bonchev–Trinajstić information content (AvgIpc) is 3.22. The number of primary amides is 1. The van der Waals surface area contributed by atoms with E-state index in [1.807, 2.05) is 0 Å². The van der Waals surface area contributed by atoms with E-state index in [0.29, 0.717) is 0 Å². The zero-order valence-corrected chi connectivity index (χ0v) is 20.2. The maximum absolute atomic E-state index is 14.8. The first-order valence-corrected chi connectivity index (χ1v) is 11.1. The highest BCUT2D eigenvalue weighted by Crippen LogP contribution is 2.35. The molecule has 0 radical (unpaired) electrons. The van der Waals surface area contributed by atoms with Gasteiger partial charge in [0.25, 0.3) is 5.91 Å². The number of nitrogens with one attached hydrogen (secondary N) is 1. The van der Waals surface area contributed by atoms with Gasteiger partial charge in [0.15, 0.2) is 16.2 Å². The molecule has 0 bridgehead atoms. The largest absolute Gasteiger partial charge is 0.474 e. The summed E-state index contributed by atoms with van der Waals surface area (Å²) in [6.45, 7) is -0.408. The number of carbonyl (C=O) groups is 2. The lowest BCUT2D eigenvalue weighted by atomic mass is 10.1. The van der Waals surface area contributed by atoms with Crippen molar-refractivity contribution < 1.29 is 45.4 Å². The van der Waals surface area contributed by atoms with Crippen molar-refractivity contribution in [2.75, 3.05) is 19.7 Å². The first kappa shape index (κ1) is 27.9. The van der Waals surface area contributed by atoms with E-state index in [4.69, 9.17) is 25.4 Å². The van der Waals surface area contributed by atoms with Gasteiger partial charge in [-0.25, -0.2) is 18.6 Å². The van der Waals surface area contributed by atoms with Crippen molar-refractivity contribution in [3.8, 4) is 17.0 Å². The summed E-state index contributed by atoms with van der Waals surface area (Å²) in [6, 6.07) is 5.60. The van der Waals surface area contributed by atoms with Gasteiger partial charge in [0.2, 0.25) is 12.0 Å². The van der Waals surface area contributed by atoms with E-state index in [9.17, 15) is 31.5 Å². The summed E-state index contributed by atoms with van der Waals surface area (Å²) in [5, 5.41) is 2.33. The van der Waals surface area contributed by atoms with Crippen LogP contribution in [0.4, 0.5) is 26.7 Å². The number of hydrogen-bond acceptors (Lipinski definition) is 7. The van der Waals surface area contributed by atoms with Crippen molar-refractivity contribution in [2.24, 2.45) is 11.5 Å². The molecular formula is C22H18BrF5N4O5. The highest BCUT2D eigenvalue weighted by atomic mass is 79.9. The van der Waals surface area contributed by atoms with Crippen molar-refractivity contribution >= 4 is 27.9 Å². The minimum Gasteiger partial charge on any atom is -0.474 e. The van der Waals surface area contributed by atoms with E-state index < -0.39 is 59.4 Å². The molecule has 3 aromatic rings. The van der Waals surface area contributed by atoms with E-state index in [1.54, 1.807) is 0 Å². The number of carbonyl (C=O) groups excluding carboxylic acids is 2. The van der Waals surface area contributed by atoms with Crippen LogP contribution in [0.25, 0.3) is 11.3 Å². The molecule has 1 atom stereocenters. The Labute approximate surface area is 214 Å². The van der Waals surface area contributed by atoms with Crippen LogP contribution in [0.15, 0.2) is 45.5 Å². The molecule has 37 heavy (non-hydrogen) atoms. The number of ether oxygens (including phenoxy) is 2. The number of nitrogens with zero attached hydrogens (tertiary/aromatic N) is 1. The predicted molar refractivity (Wildman–Crippen MR) is 121 cm³/mol. The first-order valence-electron chi connectivity index (χ1n) is 10.3. The Morgan fingerprint density at radius 2 is 1.81 bits per heavy atom. The van der Waals surface area contributed by atoms with Crippen LogP contribution in [0.3, 0.4) is 0 Å². The fourth-order valence-corrected chi connectivity index (χ4v) is 3.47. The molecular weight excluding hydrogens is 575 g/mol. The molecule has 0 saturated heterocycles. The summed E-state index contributed by atoms with van der Waals surface area (Å²) in [5.41, 5.74) is 8.67. The molecule has 2 aromatic carbocycles. The van der Waals surface area contributed by atoms with Crippen molar-refractivity contribution in [1.82, 2.24) is 10.3 Å². The third-order valence-corrected chi connectivity index (χ3v) is 5.25. The molecule has 9 nitrogen and oxygen atoms in total. The minimum absolute atomic E-state index is 0.0270. The Balaban J connectivity index is 1.95. The number of hydrogen-bond donors (Lipinski definition) is 3. The molecule has 3 rings (SSSR count). The average molecular weight is 593 g/mol. The van der Waals surface area contributed by atoms with Crippen LogP contribution in [0.2, 0.25) is 0 Å². The van der Waals surface area contributed by atoms with E-state index in [-0.39, 0.29) is 34.9 Å². The molecule has 1 aromatic heterocycles. The minimum atomic E-state index is -4.55. The number of oxazole rings is 1. The van der Waals surface area contributed by atoms with Crippen molar-refractivity contribution in [3.63, 3.8) is 0 Å². The maximum atomic E-state index is 14.8. The van der Waals surface area contributed by atoms with Crippen LogP contribution in [0, 0.1) is 11.6 Å². The van der Waals surface area contributed by atoms with Crippen molar-refractivity contribution in [3.05, 3.63) is 69.7 Å². The Morgan fingerprint density at radius 3 is 2.41 bits per heavy atom. The van der Waals surface area contributed by atoms with Gasteiger partial charge in [0, 0.05) is 18.7 Å². The monoisotopic (exact) mass is 592 g/mol. The fraction of sp³-hybridized carbons (Fsp3) is 0.227. The van der Waals surface area contributed by atoms with E-state index in [2.05, 4.69) is 26.2 Å². The normalized spacial score (nSPS) is 12.2. The topological polar surface area (TPSA) is 143 Å². The van der Waals surface area contributed by atoms with Gasteiger partial charge in [-0.2, -0.15) is 13.2 Å². The summed E-state index contributed by atoms with van der Waals surface area (Å²) in [4.78, 5) is 27.5. The van der Waals surface area contributed by atoms with Gasteiger partial charge in [0.05, 0.1) is 5.56 Å². The third kappa shape index (κ3) is 6.74. The zero-order chi connectivity index (χ0) is 27.3. The van der Waals surface area contributed by atoms with Gasteiger partial charge >= 0.3 is 12.3 Å². The second-order valence-corrected chi connectivity index (χ2v) is 7.99. The number of amides is 2. The molecule has 0 fully saturated rings. The lowest BCUT2D eigenvalue weighted by molar-refractivity contribution is -0.137. The first-order chi connectivity index (χ1) is 17.4. The number of aromatic nitrogens is 1. The number of alkyl halides is 3. The second kappa shape index (κ2) is 11.6.